The smallest absolute Gasteiger partial charge is 0.410 e. The largest absolute Gasteiger partial charge is 0.444 e. The average molecular weight is 725 g/mol. The lowest BCUT2D eigenvalue weighted by atomic mass is 9.85. The molecule has 5 atom stereocenters. The molecule has 6 amide bonds. The molecule has 51 heavy (non-hydrogen) atoms. The minimum atomic E-state index is -3.90. The van der Waals surface area contributed by atoms with Crippen molar-refractivity contribution >= 4 is 45.9 Å². The van der Waals surface area contributed by atoms with Crippen LogP contribution in [-0.4, -0.2) is 102 Å². The SMILES string of the molecule is C=C[C@H]1C[C@]1(NC(=O)[C@@H]1C[C@@H]2CN1C(=O)[C@H](C(C)(C)C)NC(=O)N(C)CCC/C=C/c1cccc3c1CN(C3)C(=O)O2)C(=O)NS(=O)(=O)C1CC1. The number of rotatable bonds is 6. The lowest BCUT2D eigenvalue weighted by Gasteiger charge is -2.36. The molecule has 3 fully saturated rings. The maximum absolute atomic E-state index is 14.5. The molecule has 0 aromatic heterocycles. The van der Waals surface area contributed by atoms with Crippen molar-refractivity contribution < 1.29 is 37.1 Å². The first kappa shape index (κ1) is 36.4. The van der Waals surface area contributed by atoms with Crippen LogP contribution in [0.1, 0.15) is 76.0 Å². The van der Waals surface area contributed by atoms with Gasteiger partial charge in [0.15, 0.2) is 0 Å². The number of nitrogens with zero attached hydrogens (tertiary/aromatic N) is 3. The van der Waals surface area contributed by atoms with Crippen LogP contribution in [0.5, 0.6) is 0 Å². The second kappa shape index (κ2) is 13.6. The molecule has 0 unspecified atom stereocenters. The lowest BCUT2D eigenvalue weighted by molar-refractivity contribution is -0.142. The molecule has 3 heterocycles. The van der Waals surface area contributed by atoms with Gasteiger partial charge in [-0.3, -0.25) is 24.0 Å². The fourth-order valence-electron chi connectivity index (χ4n) is 7.15. The van der Waals surface area contributed by atoms with E-state index in [1.807, 2.05) is 30.4 Å². The Balaban J connectivity index is 1.29. The quantitative estimate of drug-likeness (QED) is 0.376. The highest BCUT2D eigenvalue weighted by Crippen LogP contribution is 2.45. The van der Waals surface area contributed by atoms with E-state index in [2.05, 4.69) is 21.9 Å². The fraction of sp³-hybridized carbons (Fsp3) is 0.583. The fourth-order valence-corrected chi connectivity index (χ4v) is 8.51. The second-order valence-electron chi connectivity index (χ2n) is 15.5. The topological polar surface area (TPSA) is 175 Å². The van der Waals surface area contributed by atoms with Crippen molar-refractivity contribution in [1.29, 1.82) is 0 Å². The average Bonchev–Trinajstić information content (AvgIpc) is 3.96. The van der Waals surface area contributed by atoms with Gasteiger partial charge in [0.05, 0.1) is 18.3 Å². The second-order valence-corrected chi connectivity index (χ2v) is 17.4. The van der Waals surface area contributed by atoms with Crippen molar-refractivity contribution in [2.24, 2.45) is 11.3 Å². The van der Waals surface area contributed by atoms with E-state index in [9.17, 15) is 32.4 Å². The molecule has 6 rings (SSSR count). The predicted molar refractivity (Wildman–Crippen MR) is 188 cm³/mol. The Morgan fingerprint density at radius 2 is 1.88 bits per heavy atom. The first-order chi connectivity index (χ1) is 24.0. The van der Waals surface area contributed by atoms with Gasteiger partial charge in [0.1, 0.15) is 23.7 Å². The summed E-state index contributed by atoms with van der Waals surface area (Å²) in [6, 6.07) is 3.20. The highest BCUT2D eigenvalue weighted by Gasteiger charge is 2.62. The molecule has 2 saturated carbocycles. The van der Waals surface area contributed by atoms with E-state index in [1.165, 1.54) is 15.9 Å². The number of urea groups is 1. The zero-order chi connectivity index (χ0) is 36.9. The number of sulfonamides is 1. The monoisotopic (exact) mass is 724 g/mol. The molecule has 1 saturated heterocycles. The Labute approximate surface area is 299 Å². The van der Waals surface area contributed by atoms with E-state index in [4.69, 9.17) is 4.74 Å². The maximum atomic E-state index is 14.5. The van der Waals surface area contributed by atoms with Crippen LogP contribution in [0.25, 0.3) is 6.08 Å². The maximum Gasteiger partial charge on any atom is 0.410 e. The van der Waals surface area contributed by atoms with Crippen LogP contribution in [0.4, 0.5) is 9.59 Å². The zero-order valence-electron chi connectivity index (χ0n) is 29.6. The van der Waals surface area contributed by atoms with E-state index >= 15 is 0 Å². The molecule has 15 heteroatoms. The van der Waals surface area contributed by atoms with Gasteiger partial charge in [-0.05, 0) is 54.2 Å². The van der Waals surface area contributed by atoms with E-state index in [1.54, 1.807) is 32.7 Å². The molecule has 1 aromatic carbocycles. The van der Waals surface area contributed by atoms with Gasteiger partial charge in [0, 0.05) is 32.5 Å². The number of hydrogen-bond acceptors (Lipinski definition) is 8. The summed E-state index contributed by atoms with van der Waals surface area (Å²) in [5.74, 6) is -2.64. The number of ether oxygens (including phenoxy) is 1. The highest BCUT2D eigenvalue weighted by atomic mass is 32.2. The molecule has 1 aromatic rings. The van der Waals surface area contributed by atoms with Crippen LogP contribution in [-0.2, 0) is 42.2 Å². The summed E-state index contributed by atoms with van der Waals surface area (Å²) in [7, 11) is -2.24. The molecule has 4 bridgehead atoms. The van der Waals surface area contributed by atoms with Gasteiger partial charge >= 0.3 is 12.1 Å². The summed E-state index contributed by atoms with van der Waals surface area (Å²) >= 11 is 0. The summed E-state index contributed by atoms with van der Waals surface area (Å²) in [6.07, 6.45) is 6.46. The van der Waals surface area contributed by atoms with Crippen molar-refractivity contribution in [3.8, 4) is 0 Å². The van der Waals surface area contributed by atoms with Gasteiger partial charge in [0.2, 0.25) is 21.8 Å². The van der Waals surface area contributed by atoms with Gasteiger partial charge in [-0.1, -0.05) is 57.2 Å². The van der Waals surface area contributed by atoms with Gasteiger partial charge in [-0.15, -0.1) is 6.58 Å². The summed E-state index contributed by atoms with van der Waals surface area (Å²) in [5.41, 5.74) is 0.660. The summed E-state index contributed by atoms with van der Waals surface area (Å²) < 4.78 is 33.4. The molecule has 0 radical (unpaired) electrons. The molecule has 0 spiro atoms. The normalized spacial score (nSPS) is 29.3. The zero-order valence-corrected chi connectivity index (χ0v) is 30.5. The summed E-state index contributed by atoms with van der Waals surface area (Å²) in [5, 5.41) is 4.98. The van der Waals surface area contributed by atoms with Gasteiger partial charge in [-0.2, -0.15) is 0 Å². The third kappa shape index (κ3) is 7.49. The summed E-state index contributed by atoms with van der Waals surface area (Å²) in [4.78, 5) is 73.4. The Bertz CT molecular complexity index is 1770. The number of carbonyl (C=O) groups is 5. The van der Waals surface area contributed by atoms with E-state index in [-0.39, 0.29) is 19.4 Å². The Morgan fingerprint density at radius 1 is 1.14 bits per heavy atom. The van der Waals surface area contributed by atoms with Crippen LogP contribution in [0.2, 0.25) is 0 Å². The van der Waals surface area contributed by atoms with Crippen LogP contribution in [0.15, 0.2) is 36.9 Å². The first-order valence-corrected chi connectivity index (χ1v) is 19.1. The molecule has 276 valence electrons. The van der Waals surface area contributed by atoms with Crippen LogP contribution in [0.3, 0.4) is 0 Å². The Kier molecular flexibility index (Phi) is 9.72. The van der Waals surface area contributed by atoms with Crippen LogP contribution >= 0.6 is 0 Å². The molecule has 14 nitrogen and oxygen atoms in total. The lowest BCUT2D eigenvalue weighted by Crippen LogP contribution is -2.61. The summed E-state index contributed by atoms with van der Waals surface area (Å²) in [6.45, 7) is 10.2. The van der Waals surface area contributed by atoms with Crippen molar-refractivity contribution in [3.63, 3.8) is 0 Å². The predicted octanol–water partition coefficient (Wildman–Crippen LogP) is 2.64. The number of fused-ring (bicyclic) bond motifs is 3. The van der Waals surface area contributed by atoms with E-state index < -0.39 is 80.2 Å². The number of amides is 6. The number of carbonyl (C=O) groups excluding carboxylic acids is 5. The Morgan fingerprint density at radius 3 is 2.55 bits per heavy atom. The minimum absolute atomic E-state index is 0.0698. The van der Waals surface area contributed by atoms with E-state index in [0.717, 1.165) is 16.7 Å². The molecule has 2 aliphatic carbocycles. The van der Waals surface area contributed by atoms with Gasteiger partial charge in [-0.25, -0.2) is 18.0 Å². The van der Waals surface area contributed by atoms with Crippen molar-refractivity contribution in [2.45, 2.75) is 101 Å². The number of hydrogen-bond donors (Lipinski definition) is 3. The molecular formula is C36H48N6O8S. The van der Waals surface area contributed by atoms with Crippen molar-refractivity contribution in [3.05, 3.63) is 53.6 Å². The third-order valence-electron chi connectivity index (χ3n) is 10.5. The molecule has 5 aliphatic rings. The first-order valence-electron chi connectivity index (χ1n) is 17.6. The molecule has 3 N–H and O–H groups in total. The third-order valence-corrected chi connectivity index (χ3v) is 12.4. The minimum Gasteiger partial charge on any atom is -0.444 e. The standard InChI is InChI=1S/C36H48N6O8S/c1-6-24-18-36(24,32(45)39-51(48,49)26-14-15-26)38-30(43)28-17-25-20-42(28)31(44)29(35(2,3)4)37-33(46)40(5)16-9-7-8-11-22-12-10-13-23-19-41(21-27(22)23)34(47)50-25/h6,8,10-13,24-26,28-29H,1,7,9,14-21H2,2-5H3,(H,37,46)(H,38,43)(H,39,45)/b11-8+/t24-,25+,28-,29+,36+/m0/s1. The number of nitrogens with one attached hydrogen (secondary N) is 3. The highest BCUT2D eigenvalue weighted by molar-refractivity contribution is 7.91. The van der Waals surface area contributed by atoms with Crippen molar-refractivity contribution in [2.75, 3.05) is 20.1 Å². The van der Waals surface area contributed by atoms with Crippen molar-refractivity contribution in [1.82, 2.24) is 30.1 Å². The molecule has 3 aliphatic heterocycles. The van der Waals surface area contributed by atoms with Gasteiger partial charge in [0.25, 0.3) is 5.91 Å². The van der Waals surface area contributed by atoms with Gasteiger partial charge < -0.3 is 25.2 Å². The van der Waals surface area contributed by atoms with Crippen LogP contribution in [0, 0.1) is 11.3 Å². The number of allylic oxidation sites excluding steroid dienone is 1. The Hall–Kier alpha value is -4.40. The van der Waals surface area contributed by atoms with E-state index in [0.29, 0.717) is 45.3 Å². The number of benzene rings is 1. The molecular weight excluding hydrogens is 676 g/mol. The van der Waals surface area contributed by atoms with Crippen LogP contribution < -0.4 is 15.4 Å².